The molecule has 0 saturated heterocycles. The third kappa shape index (κ3) is 2.99. The molecule has 1 aromatic carbocycles. The predicted molar refractivity (Wildman–Crippen MR) is 75.5 cm³/mol. The molecule has 21 heavy (non-hydrogen) atoms. The molecule has 2 heterocycles. The molecule has 0 aliphatic carbocycles. The minimum atomic E-state index is -0.499. The van der Waals surface area contributed by atoms with Gasteiger partial charge in [-0.25, -0.2) is 4.98 Å². The number of aromatic nitrogens is 1. The average molecular weight is 290 g/mol. The minimum Gasteiger partial charge on any atom is -0.493 e. The molecular weight excluding hydrogens is 275 g/mol. The Bertz CT molecular complexity index is 614. The Hall–Kier alpha value is -2.50. The van der Waals surface area contributed by atoms with Gasteiger partial charge in [0.15, 0.2) is 11.5 Å². The molecule has 0 amide bonds. The van der Waals surface area contributed by atoms with Crippen LogP contribution in [0.4, 0.5) is 10.1 Å². The molecule has 0 fully saturated rings. The minimum absolute atomic E-state index is 0.499. The summed E-state index contributed by atoms with van der Waals surface area (Å²) in [5.74, 6) is 1.45. The molecule has 5 nitrogen and oxygen atoms in total. The lowest BCUT2D eigenvalue weighted by Crippen LogP contribution is -2.16. The number of anilines is 1. The first kappa shape index (κ1) is 13.5. The Kier molecular flexibility index (Phi) is 3.77. The third-order valence-corrected chi connectivity index (χ3v) is 3.11. The van der Waals surface area contributed by atoms with Crippen molar-refractivity contribution in [2.24, 2.45) is 0 Å². The Morgan fingerprint density at radius 3 is 2.90 bits per heavy atom. The first-order valence-corrected chi connectivity index (χ1v) is 6.58. The van der Waals surface area contributed by atoms with Gasteiger partial charge in [-0.05, 0) is 29.8 Å². The van der Waals surface area contributed by atoms with Gasteiger partial charge in [0.1, 0.15) is 13.2 Å². The van der Waals surface area contributed by atoms with Crippen molar-refractivity contribution in [3.8, 4) is 17.2 Å². The zero-order valence-corrected chi connectivity index (χ0v) is 11.6. The van der Waals surface area contributed by atoms with E-state index in [9.17, 15) is 4.39 Å². The monoisotopic (exact) mass is 290 g/mol. The number of pyridine rings is 1. The van der Waals surface area contributed by atoms with E-state index in [1.54, 1.807) is 13.2 Å². The van der Waals surface area contributed by atoms with Gasteiger partial charge in [-0.3, -0.25) is 0 Å². The maximum atomic E-state index is 12.8. The molecule has 1 aliphatic rings. The van der Waals surface area contributed by atoms with Crippen molar-refractivity contribution in [2.45, 2.75) is 6.54 Å². The number of nitrogens with zero attached hydrogens (tertiary/aromatic N) is 1. The number of ether oxygens (including phenoxy) is 3. The highest BCUT2D eigenvalue weighted by atomic mass is 19.1. The van der Waals surface area contributed by atoms with Crippen molar-refractivity contribution in [3.63, 3.8) is 0 Å². The van der Waals surface area contributed by atoms with E-state index < -0.39 is 5.95 Å². The maximum Gasteiger partial charge on any atom is 0.212 e. The molecule has 3 rings (SSSR count). The van der Waals surface area contributed by atoms with Gasteiger partial charge in [0, 0.05) is 6.54 Å². The van der Waals surface area contributed by atoms with Crippen LogP contribution in [-0.2, 0) is 6.54 Å². The van der Waals surface area contributed by atoms with Gasteiger partial charge in [0.2, 0.25) is 11.7 Å². The van der Waals surface area contributed by atoms with Crippen molar-refractivity contribution < 1.29 is 18.6 Å². The van der Waals surface area contributed by atoms with Crippen molar-refractivity contribution in [1.82, 2.24) is 4.98 Å². The van der Waals surface area contributed by atoms with Crippen LogP contribution in [0.15, 0.2) is 30.5 Å². The molecule has 1 aliphatic heterocycles. The molecule has 2 aromatic rings. The lowest BCUT2D eigenvalue weighted by molar-refractivity contribution is 0.165. The van der Waals surface area contributed by atoms with Crippen LogP contribution in [0.5, 0.6) is 17.2 Å². The molecule has 110 valence electrons. The topological polar surface area (TPSA) is 52.6 Å². The van der Waals surface area contributed by atoms with E-state index in [4.69, 9.17) is 14.2 Å². The summed E-state index contributed by atoms with van der Waals surface area (Å²) in [5.41, 5.74) is 1.71. The Labute approximate surface area is 121 Å². The quantitative estimate of drug-likeness (QED) is 0.877. The van der Waals surface area contributed by atoms with Crippen LogP contribution in [0.25, 0.3) is 0 Å². The number of hydrogen-bond donors (Lipinski definition) is 1. The molecule has 0 radical (unpaired) electrons. The second-order valence-corrected chi connectivity index (χ2v) is 4.55. The number of hydrogen-bond acceptors (Lipinski definition) is 5. The number of benzene rings is 1. The SMILES string of the molecule is COc1cc(CNc2ccc(F)nc2)cc2c1OCCO2. The van der Waals surface area contributed by atoms with Crippen LogP contribution >= 0.6 is 0 Å². The van der Waals surface area contributed by atoms with E-state index in [2.05, 4.69) is 10.3 Å². The molecule has 1 N–H and O–H groups in total. The normalized spacial score (nSPS) is 12.9. The summed E-state index contributed by atoms with van der Waals surface area (Å²) in [6.45, 7) is 1.58. The zero-order valence-electron chi connectivity index (χ0n) is 11.6. The number of halogens is 1. The van der Waals surface area contributed by atoms with E-state index in [-0.39, 0.29) is 0 Å². The van der Waals surface area contributed by atoms with Crippen LogP contribution in [0.2, 0.25) is 0 Å². The first-order chi connectivity index (χ1) is 10.3. The molecule has 1 aromatic heterocycles. The Morgan fingerprint density at radius 1 is 1.29 bits per heavy atom. The van der Waals surface area contributed by atoms with Gasteiger partial charge in [0.25, 0.3) is 0 Å². The molecule has 0 spiro atoms. The van der Waals surface area contributed by atoms with Crippen LogP contribution < -0.4 is 19.5 Å². The van der Waals surface area contributed by atoms with E-state index in [1.165, 1.54) is 12.3 Å². The highest BCUT2D eigenvalue weighted by Crippen LogP contribution is 2.40. The smallest absolute Gasteiger partial charge is 0.212 e. The third-order valence-electron chi connectivity index (χ3n) is 3.11. The van der Waals surface area contributed by atoms with Gasteiger partial charge < -0.3 is 19.5 Å². The fraction of sp³-hybridized carbons (Fsp3) is 0.267. The Balaban J connectivity index is 1.77. The van der Waals surface area contributed by atoms with Gasteiger partial charge in [0.05, 0.1) is 19.0 Å². The molecule has 0 saturated carbocycles. The average Bonchev–Trinajstić information content (AvgIpc) is 2.53. The van der Waals surface area contributed by atoms with Crippen LogP contribution in [0.3, 0.4) is 0 Å². The second-order valence-electron chi connectivity index (χ2n) is 4.55. The summed E-state index contributed by atoms with van der Waals surface area (Å²) in [6, 6.07) is 6.74. The van der Waals surface area contributed by atoms with E-state index >= 15 is 0 Å². The van der Waals surface area contributed by atoms with Crippen molar-refractivity contribution in [2.75, 3.05) is 25.6 Å². The van der Waals surface area contributed by atoms with Gasteiger partial charge in [-0.2, -0.15) is 4.39 Å². The molecule has 0 atom stereocenters. The van der Waals surface area contributed by atoms with Crippen molar-refractivity contribution >= 4 is 5.69 Å². The van der Waals surface area contributed by atoms with E-state index in [1.807, 2.05) is 12.1 Å². The zero-order chi connectivity index (χ0) is 14.7. The van der Waals surface area contributed by atoms with E-state index in [0.29, 0.717) is 37.0 Å². The lowest BCUT2D eigenvalue weighted by atomic mass is 10.1. The summed E-state index contributed by atoms with van der Waals surface area (Å²) in [5, 5.41) is 3.17. The second kappa shape index (κ2) is 5.87. The number of fused-ring (bicyclic) bond motifs is 1. The fourth-order valence-corrected chi connectivity index (χ4v) is 2.11. The Morgan fingerprint density at radius 2 is 2.14 bits per heavy atom. The van der Waals surface area contributed by atoms with Crippen LogP contribution in [-0.4, -0.2) is 25.3 Å². The van der Waals surface area contributed by atoms with Crippen molar-refractivity contribution in [1.29, 1.82) is 0 Å². The van der Waals surface area contributed by atoms with Crippen molar-refractivity contribution in [3.05, 3.63) is 42.0 Å². The van der Waals surface area contributed by atoms with Crippen LogP contribution in [0.1, 0.15) is 5.56 Å². The maximum absolute atomic E-state index is 12.8. The molecule has 0 bridgehead atoms. The first-order valence-electron chi connectivity index (χ1n) is 6.58. The number of nitrogens with one attached hydrogen (secondary N) is 1. The molecular formula is C15H15FN2O3. The predicted octanol–water partition coefficient (Wildman–Crippen LogP) is 2.61. The van der Waals surface area contributed by atoms with E-state index in [0.717, 1.165) is 11.3 Å². The number of methoxy groups -OCH3 is 1. The van der Waals surface area contributed by atoms with Gasteiger partial charge in [-0.1, -0.05) is 0 Å². The summed E-state index contributed by atoms with van der Waals surface area (Å²) >= 11 is 0. The standard InChI is InChI=1S/C15H15FN2O3/c1-19-12-6-10(7-13-15(12)21-5-4-20-13)8-17-11-2-3-14(16)18-9-11/h2-3,6-7,9,17H,4-5,8H2,1H3. The van der Waals surface area contributed by atoms with Gasteiger partial charge in [-0.15, -0.1) is 0 Å². The number of rotatable bonds is 4. The highest BCUT2D eigenvalue weighted by Gasteiger charge is 2.18. The summed E-state index contributed by atoms with van der Waals surface area (Å²) in [7, 11) is 1.59. The largest absolute Gasteiger partial charge is 0.493 e. The molecule has 0 unspecified atom stereocenters. The summed E-state index contributed by atoms with van der Waals surface area (Å²) in [6.07, 6.45) is 1.45. The van der Waals surface area contributed by atoms with Gasteiger partial charge >= 0.3 is 0 Å². The van der Waals surface area contributed by atoms with Crippen LogP contribution in [0, 0.1) is 5.95 Å². The fourth-order valence-electron chi connectivity index (χ4n) is 2.11. The molecule has 6 heteroatoms. The highest BCUT2D eigenvalue weighted by molar-refractivity contribution is 5.55. The summed E-state index contributed by atoms with van der Waals surface area (Å²) < 4.78 is 29.2. The summed E-state index contributed by atoms with van der Waals surface area (Å²) in [4.78, 5) is 3.60. The lowest BCUT2D eigenvalue weighted by Gasteiger charge is -2.21.